The highest BCUT2D eigenvalue weighted by Crippen LogP contribution is 2.24. The van der Waals surface area contributed by atoms with Crippen LogP contribution in [0.15, 0.2) is 29.8 Å². The van der Waals surface area contributed by atoms with Gasteiger partial charge in [-0.25, -0.2) is 0 Å². The minimum atomic E-state index is -0.0884. The smallest absolute Gasteiger partial charge is 0.272 e. The summed E-state index contributed by atoms with van der Waals surface area (Å²) in [6, 6.07) is 5.46. The zero-order valence-corrected chi connectivity index (χ0v) is 12.7. The normalized spacial score (nSPS) is 18.7. The van der Waals surface area contributed by atoms with Crippen molar-refractivity contribution in [3.8, 4) is 0 Å². The molecule has 1 unspecified atom stereocenters. The van der Waals surface area contributed by atoms with E-state index in [-0.39, 0.29) is 17.6 Å². The van der Waals surface area contributed by atoms with Gasteiger partial charge in [0.05, 0.1) is 4.88 Å². The molecule has 3 rings (SSSR count). The fourth-order valence-corrected chi connectivity index (χ4v) is 3.48. The number of nitrogens with zero attached hydrogens (tertiary/aromatic N) is 3. The lowest BCUT2D eigenvalue weighted by Crippen LogP contribution is -2.42. The van der Waals surface area contributed by atoms with Crippen molar-refractivity contribution >= 4 is 23.0 Å². The number of carbonyl (C=O) groups excluding carboxylic acids is 2. The van der Waals surface area contributed by atoms with E-state index in [1.54, 1.807) is 28.9 Å². The van der Waals surface area contributed by atoms with Crippen LogP contribution in [0.2, 0.25) is 0 Å². The van der Waals surface area contributed by atoms with E-state index in [2.05, 4.69) is 5.10 Å². The molecule has 0 radical (unpaired) electrons. The van der Waals surface area contributed by atoms with Crippen LogP contribution in [-0.4, -0.2) is 39.5 Å². The molecule has 0 N–H and O–H groups in total. The third-order valence-corrected chi connectivity index (χ3v) is 4.77. The molecular formula is C15H17N3O2S. The number of aromatic nitrogens is 2. The second-order valence-corrected chi connectivity index (χ2v) is 6.22. The van der Waals surface area contributed by atoms with Gasteiger partial charge in [-0.2, -0.15) is 5.10 Å². The van der Waals surface area contributed by atoms with E-state index in [0.717, 1.165) is 17.7 Å². The number of hydrogen-bond acceptors (Lipinski definition) is 4. The summed E-state index contributed by atoms with van der Waals surface area (Å²) in [4.78, 5) is 27.5. The molecule has 2 aromatic heterocycles. The van der Waals surface area contributed by atoms with Crippen molar-refractivity contribution in [3.05, 3.63) is 40.3 Å². The van der Waals surface area contributed by atoms with Gasteiger partial charge in [-0.05, 0) is 30.4 Å². The van der Waals surface area contributed by atoms with Crippen molar-refractivity contribution in [1.29, 1.82) is 0 Å². The third kappa shape index (κ3) is 2.76. The lowest BCUT2D eigenvalue weighted by molar-refractivity contribution is 0.0629. The van der Waals surface area contributed by atoms with Gasteiger partial charge in [0.1, 0.15) is 5.69 Å². The molecule has 110 valence electrons. The van der Waals surface area contributed by atoms with Gasteiger partial charge in [0.25, 0.3) is 5.91 Å². The Morgan fingerprint density at radius 3 is 2.90 bits per heavy atom. The van der Waals surface area contributed by atoms with Crippen LogP contribution in [0.5, 0.6) is 0 Å². The average molecular weight is 303 g/mol. The molecule has 0 bridgehead atoms. The van der Waals surface area contributed by atoms with E-state index in [9.17, 15) is 9.59 Å². The predicted octanol–water partition coefficient (Wildman–Crippen LogP) is 2.22. The number of likely N-dealkylation sites (tertiary alicyclic amines) is 1. The second-order valence-electron chi connectivity index (χ2n) is 5.27. The first-order valence-corrected chi connectivity index (χ1v) is 7.90. The van der Waals surface area contributed by atoms with Gasteiger partial charge in [0, 0.05) is 32.3 Å². The fraction of sp³-hybridized carbons (Fsp3) is 0.400. The lowest BCUT2D eigenvalue weighted by Gasteiger charge is -2.31. The molecule has 2 aromatic rings. The molecule has 6 heteroatoms. The second kappa shape index (κ2) is 5.81. The fourth-order valence-electron chi connectivity index (χ4n) is 2.74. The van der Waals surface area contributed by atoms with Crippen LogP contribution in [0.1, 0.15) is 33.0 Å². The van der Waals surface area contributed by atoms with Gasteiger partial charge in [0.2, 0.25) is 0 Å². The number of amides is 1. The van der Waals surface area contributed by atoms with Crippen LogP contribution >= 0.6 is 11.3 Å². The molecule has 0 saturated carbocycles. The number of piperidine rings is 1. The van der Waals surface area contributed by atoms with Crippen LogP contribution in [-0.2, 0) is 7.05 Å². The number of rotatable bonds is 3. The minimum absolute atomic E-state index is 0.0429. The first-order valence-electron chi connectivity index (χ1n) is 7.02. The zero-order chi connectivity index (χ0) is 14.8. The van der Waals surface area contributed by atoms with Gasteiger partial charge in [-0.15, -0.1) is 11.3 Å². The summed E-state index contributed by atoms with van der Waals surface area (Å²) in [6.07, 6.45) is 3.34. The van der Waals surface area contributed by atoms with E-state index in [0.29, 0.717) is 18.8 Å². The molecule has 5 nitrogen and oxygen atoms in total. The highest BCUT2D eigenvalue weighted by Gasteiger charge is 2.30. The Balaban J connectivity index is 1.73. The Morgan fingerprint density at radius 1 is 1.38 bits per heavy atom. The van der Waals surface area contributed by atoms with Crippen molar-refractivity contribution in [1.82, 2.24) is 14.7 Å². The molecule has 1 fully saturated rings. The summed E-state index contributed by atoms with van der Waals surface area (Å²) >= 11 is 1.47. The van der Waals surface area contributed by atoms with Crippen LogP contribution in [0.3, 0.4) is 0 Å². The van der Waals surface area contributed by atoms with Gasteiger partial charge in [0.15, 0.2) is 5.78 Å². The van der Waals surface area contributed by atoms with E-state index in [1.165, 1.54) is 11.3 Å². The Morgan fingerprint density at radius 2 is 2.24 bits per heavy atom. The topological polar surface area (TPSA) is 55.2 Å². The molecule has 1 saturated heterocycles. The van der Waals surface area contributed by atoms with E-state index < -0.39 is 0 Å². The Bertz CT molecular complexity index is 648. The monoisotopic (exact) mass is 303 g/mol. The Hall–Kier alpha value is -1.95. The maximum atomic E-state index is 12.5. The molecule has 1 atom stereocenters. The summed E-state index contributed by atoms with van der Waals surface area (Å²) in [6.45, 7) is 1.21. The summed E-state index contributed by atoms with van der Waals surface area (Å²) in [5, 5.41) is 5.94. The molecule has 1 aliphatic heterocycles. The Labute approximate surface area is 127 Å². The van der Waals surface area contributed by atoms with Crippen molar-refractivity contribution < 1.29 is 9.59 Å². The van der Waals surface area contributed by atoms with Crippen molar-refractivity contribution in [3.63, 3.8) is 0 Å². The highest BCUT2D eigenvalue weighted by atomic mass is 32.1. The number of ketones is 1. The van der Waals surface area contributed by atoms with E-state index >= 15 is 0 Å². The molecular weight excluding hydrogens is 286 g/mol. The maximum Gasteiger partial charge on any atom is 0.272 e. The van der Waals surface area contributed by atoms with Crippen molar-refractivity contribution in [2.45, 2.75) is 12.8 Å². The van der Waals surface area contributed by atoms with Crippen molar-refractivity contribution in [2.75, 3.05) is 13.1 Å². The average Bonchev–Trinajstić information content (AvgIpc) is 3.17. The van der Waals surface area contributed by atoms with Gasteiger partial charge in [-0.3, -0.25) is 14.3 Å². The molecule has 3 heterocycles. The molecule has 21 heavy (non-hydrogen) atoms. The largest absolute Gasteiger partial charge is 0.337 e. The van der Waals surface area contributed by atoms with Gasteiger partial charge >= 0.3 is 0 Å². The number of thiophene rings is 1. The van der Waals surface area contributed by atoms with Crippen LogP contribution in [0.25, 0.3) is 0 Å². The Kier molecular flexibility index (Phi) is 3.88. The van der Waals surface area contributed by atoms with Gasteiger partial charge < -0.3 is 4.90 Å². The van der Waals surface area contributed by atoms with Crippen molar-refractivity contribution in [2.24, 2.45) is 13.0 Å². The van der Waals surface area contributed by atoms with Crippen LogP contribution in [0.4, 0.5) is 0 Å². The summed E-state index contributed by atoms with van der Waals surface area (Å²) in [5.74, 6) is 0.0285. The predicted molar refractivity (Wildman–Crippen MR) is 80.5 cm³/mol. The number of aryl methyl sites for hydroxylation is 1. The SMILES string of the molecule is Cn1nccc1C(=O)N1CCCC(C(=O)c2cccs2)C1. The van der Waals surface area contributed by atoms with Gasteiger partial charge in [-0.1, -0.05) is 6.07 Å². The first kappa shape index (κ1) is 14.0. The summed E-state index contributed by atoms with van der Waals surface area (Å²) in [7, 11) is 1.76. The van der Waals surface area contributed by atoms with E-state index in [1.807, 2.05) is 17.5 Å². The summed E-state index contributed by atoms with van der Waals surface area (Å²) in [5.41, 5.74) is 0.569. The van der Waals surface area contributed by atoms with Crippen LogP contribution < -0.4 is 0 Å². The summed E-state index contributed by atoms with van der Waals surface area (Å²) < 4.78 is 1.58. The quantitative estimate of drug-likeness (QED) is 0.817. The maximum absolute atomic E-state index is 12.5. The number of Topliss-reactive ketones (excluding diaryl/α,β-unsaturated/α-hetero) is 1. The third-order valence-electron chi connectivity index (χ3n) is 3.88. The zero-order valence-electron chi connectivity index (χ0n) is 11.9. The molecule has 1 aliphatic rings. The lowest BCUT2D eigenvalue weighted by atomic mass is 9.93. The number of carbonyl (C=O) groups is 2. The van der Waals surface area contributed by atoms with Crippen LogP contribution in [0, 0.1) is 5.92 Å². The highest BCUT2D eigenvalue weighted by molar-refractivity contribution is 7.12. The molecule has 0 spiro atoms. The number of hydrogen-bond donors (Lipinski definition) is 0. The van der Waals surface area contributed by atoms with E-state index in [4.69, 9.17) is 0 Å². The minimum Gasteiger partial charge on any atom is -0.337 e. The molecule has 0 aromatic carbocycles. The molecule has 1 amide bonds. The molecule has 0 aliphatic carbocycles. The standard InChI is InChI=1S/C15H17N3O2S/c1-17-12(6-7-16-17)15(20)18-8-2-4-11(10-18)14(19)13-5-3-9-21-13/h3,5-7,9,11H,2,4,8,10H2,1H3. The first-order chi connectivity index (χ1) is 10.2.